The fourth-order valence-electron chi connectivity index (χ4n) is 4.34. The van der Waals surface area contributed by atoms with E-state index in [9.17, 15) is 18.0 Å². The summed E-state index contributed by atoms with van der Waals surface area (Å²) in [7, 11) is -4.33. The van der Waals surface area contributed by atoms with Gasteiger partial charge < -0.3 is 10.2 Å². The van der Waals surface area contributed by atoms with Gasteiger partial charge in [-0.15, -0.1) is 0 Å². The molecule has 0 aliphatic carbocycles. The van der Waals surface area contributed by atoms with E-state index in [4.69, 9.17) is 0 Å². The minimum atomic E-state index is -4.33. The standard InChI is InChI=1S/C31H38FN3O4S/c1-6-24(5)33-31(37)28(7-2)34(20-25-13-9-8-12-23(25)4)30(36)21-35(29-15-11-10-14-27(29)32)40(38,39)26-18-16-22(3)17-19-26/h8-19,24,28H,6-7,20-21H2,1-5H3,(H,33,37)/t24-,28-/m0/s1. The first-order chi connectivity index (χ1) is 19.0. The molecule has 0 saturated carbocycles. The molecule has 40 heavy (non-hydrogen) atoms. The van der Waals surface area contributed by atoms with Crippen LogP contribution in [0.5, 0.6) is 0 Å². The second kappa shape index (κ2) is 13.6. The predicted molar refractivity (Wildman–Crippen MR) is 156 cm³/mol. The lowest BCUT2D eigenvalue weighted by Crippen LogP contribution is -2.53. The monoisotopic (exact) mass is 567 g/mol. The van der Waals surface area contributed by atoms with Crippen molar-refractivity contribution in [2.24, 2.45) is 0 Å². The fraction of sp³-hybridized carbons (Fsp3) is 0.355. The van der Waals surface area contributed by atoms with Crippen molar-refractivity contribution in [1.82, 2.24) is 10.2 Å². The lowest BCUT2D eigenvalue weighted by atomic mass is 10.1. The zero-order valence-electron chi connectivity index (χ0n) is 23.7. The highest BCUT2D eigenvalue weighted by Gasteiger charge is 2.35. The molecule has 3 aromatic rings. The Morgan fingerprint density at radius 3 is 2.12 bits per heavy atom. The molecule has 2 atom stereocenters. The maximum Gasteiger partial charge on any atom is 0.264 e. The third kappa shape index (κ3) is 7.27. The molecule has 7 nitrogen and oxygen atoms in total. The molecule has 3 aromatic carbocycles. The summed E-state index contributed by atoms with van der Waals surface area (Å²) in [6.45, 7) is 8.77. The fourth-order valence-corrected chi connectivity index (χ4v) is 5.76. The van der Waals surface area contributed by atoms with Crippen molar-refractivity contribution < 1.29 is 22.4 Å². The summed E-state index contributed by atoms with van der Waals surface area (Å²) in [5, 5.41) is 2.95. The van der Waals surface area contributed by atoms with E-state index >= 15 is 4.39 Å². The first-order valence-electron chi connectivity index (χ1n) is 13.5. The molecule has 0 radical (unpaired) electrons. The number of rotatable bonds is 12. The average Bonchev–Trinajstić information content (AvgIpc) is 2.93. The summed E-state index contributed by atoms with van der Waals surface area (Å²) in [5.74, 6) is -1.72. The number of nitrogens with zero attached hydrogens (tertiary/aromatic N) is 2. The second-order valence-electron chi connectivity index (χ2n) is 9.97. The highest BCUT2D eigenvalue weighted by molar-refractivity contribution is 7.92. The minimum Gasteiger partial charge on any atom is -0.352 e. The maximum absolute atomic E-state index is 15.0. The lowest BCUT2D eigenvalue weighted by Gasteiger charge is -2.34. The van der Waals surface area contributed by atoms with E-state index in [0.717, 1.165) is 27.1 Å². The van der Waals surface area contributed by atoms with E-state index in [-0.39, 0.29) is 29.1 Å². The van der Waals surface area contributed by atoms with Crippen LogP contribution in [0.1, 0.15) is 50.3 Å². The normalized spacial score (nSPS) is 12.8. The van der Waals surface area contributed by atoms with Gasteiger partial charge in [-0.05, 0) is 69.0 Å². The number of aryl methyl sites for hydroxylation is 2. The summed E-state index contributed by atoms with van der Waals surface area (Å²) in [6.07, 6.45) is 1.02. The zero-order chi connectivity index (χ0) is 29.4. The quantitative estimate of drug-likeness (QED) is 0.319. The molecule has 0 saturated heterocycles. The largest absolute Gasteiger partial charge is 0.352 e. The number of hydrogen-bond acceptors (Lipinski definition) is 4. The number of sulfonamides is 1. The van der Waals surface area contributed by atoms with Crippen LogP contribution in [0.2, 0.25) is 0 Å². The lowest BCUT2D eigenvalue weighted by molar-refractivity contribution is -0.140. The maximum atomic E-state index is 15.0. The molecule has 9 heteroatoms. The average molecular weight is 568 g/mol. The molecule has 0 heterocycles. The smallest absolute Gasteiger partial charge is 0.264 e. The minimum absolute atomic E-state index is 0.0684. The van der Waals surface area contributed by atoms with Gasteiger partial charge in [0.15, 0.2) is 0 Å². The summed E-state index contributed by atoms with van der Waals surface area (Å²) >= 11 is 0. The molecular formula is C31H38FN3O4S. The van der Waals surface area contributed by atoms with E-state index in [1.54, 1.807) is 19.1 Å². The molecular weight excluding hydrogens is 529 g/mol. The van der Waals surface area contributed by atoms with Crippen molar-refractivity contribution in [3.8, 4) is 0 Å². The van der Waals surface area contributed by atoms with Gasteiger partial charge in [-0.1, -0.05) is 67.9 Å². The second-order valence-corrected chi connectivity index (χ2v) is 11.8. The number of para-hydroxylation sites is 1. The Morgan fingerprint density at radius 2 is 1.52 bits per heavy atom. The van der Waals surface area contributed by atoms with Crippen LogP contribution >= 0.6 is 0 Å². The number of amides is 2. The Hall–Kier alpha value is -3.72. The van der Waals surface area contributed by atoms with E-state index in [1.807, 2.05) is 52.0 Å². The number of hydrogen-bond donors (Lipinski definition) is 1. The summed E-state index contributed by atoms with van der Waals surface area (Å²) < 4.78 is 43.5. The molecule has 0 fully saturated rings. The third-order valence-corrected chi connectivity index (χ3v) is 8.77. The summed E-state index contributed by atoms with van der Waals surface area (Å²) in [4.78, 5) is 28.7. The van der Waals surface area contributed by atoms with Gasteiger partial charge in [0.05, 0.1) is 10.6 Å². The van der Waals surface area contributed by atoms with E-state index in [2.05, 4.69) is 5.32 Å². The van der Waals surface area contributed by atoms with E-state index in [0.29, 0.717) is 12.8 Å². The first-order valence-corrected chi connectivity index (χ1v) is 14.9. The number of benzene rings is 3. The zero-order valence-corrected chi connectivity index (χ0v) is 24.5. The van der Waals surface area contributed by atoms with Gasteiger partial charge >= 0.3 is 0 Å². The molecule has 0 spiro atoms. The van der Waals surface area contributed by atoms with Gasteiger partial charge in [0, 0.05) is 12.6 Å². The molecule has 0 aromatic heterocycles. The molecule has 2 amide bonds. The van der Waals surface area contributed by atoms with Gasteiger partial charge in [-0.2, -0.15) is 0 Å². The Morgan fingerprint density at radius 1 is 0.900 bits per heavy atom. The number of anilines is 1. The topological polar surface area (TPSA) is 86.8 Å². The number of halogens is 1. The van der Waals surface area contributed by atoms with Crippen molar-refractivity contribution in [2.75, 3.05) is 10.8 Å². The molecule has 0 aliphatic rings. The van der Waals surface area contributed by atoms with Crippen molar-refractivity contribution in [3.63, 3.8) is 0 Å². The number of carbonyl (C=O) groups is 2. The molecule has 0 aliphatic heterocycles. The van der Waals surface area contributed by atoms with Crippen molar-refractivity contribution in [3.05, 3.63) is 95.3 Å². The van der Waals surface area contributed by atoms with Crippen LogP contribution in [-0.2, 0) is 26.2 Å². The van der Waals surface area contributed by atoms with Crippen LogP contribution < -0.4 is 9.62 Å². The van der Waals surface area contributed by atoms with Gasteiger partial charge in [-0.3, -0.25) is 13.9 Å². The van der Waals surface area contributed by atoms with E-state index < -0.39 is 34.3 Å². The molecule has 214 valence electrons. The Bertz CT molecular complexity index is 1430. The third-order valence-electron chi connectivity index (χ3n) is 7.00. The van der Waals surface area contributed by atoms with Crippen LogP contribution in [0.4, 0.5) is 10.1 Å². The first kappa shape index (κ1) is 30.8. The van der Waals surface area contributed by atoms with Crippen LogP contribution in [0.15, 0.2) is 77.7 Å². The Labute approximate surface area is 237 Å². The van der Waals surface area contributed by atoms with Crippen molar-refractivity contribution in [2.45, 2.75) is 71.0 Å². The Kier molecular flexibility index (Phi) is 10.5. The van der Waals surface area contributed by atoms with Crippen molar-refractivity contribution >= 4 is 27.5 Å². The highest BCUT2D eigenvalue weighted by Crippen LogP contribution is 2.27. The number of nitrogens with one attached hydrogen (secondary N) is 1. The molecule has 1 N–H and O–H groups in total. The van der Waals surface area contributed by atoms with Gasteiger partial charge in [0.1, 0.15) is 18.4 Å². The number of carbonyl (C=O) groups excluding carboxylic acids is 2. The van der Waals surface area contributed by atoms with Gasteiger partial charge in [0.25, 0.3) is 10.0 Å². The predicted octanol–water partition coefficient (Wildman–Crippen LogP) is 5.36. The van der Waals surface area contributed by atoms with Gasteiger partial charge in [-0.25, -0.2) is 12.8 Å². The van der Waals surface area contributed by atoms with E-state index in [1.165, 1.54) is 35.2 Å². The van der Waals surface area contributed by atoms with Crippen LogP contribution in [0.25, 0.3) is 0 Å². The Balaban J connectivity index is 2.08. The SMILES string of the molecule is CC[C@H](C)NC(=O)[C@H](CC)N(Cc1ccccc1C)C(=O)CN(c1ccccc1F)S(=O)(=O)c1ccc(C)cc1. The van der Waals surface area contributed by atoms with Crippen LogP contribution in [-0.4, -0.2) is 43.8 Å². The summed E-state index contributed by atoms with van der Waals surface area (Å²) in [6, 6.07) is 18.1. The van der Waals surface area contributed by atoms with Crippen molar-refractivity contribution in [1.29, 1.82) is 0 Å². The molecule has 0 unspecified atom stereocenters. The summed E-state index contributed by atoms with van der Waals surface area (Å²) in [5.41, 5.74) is 2.36. The molecule has 0 bridgehead atoms. The van der Waals surface area contributed by atoms with Crippen LogP contribution in [0, 0.1) is 19.7 Å². The van der Waals surface area contributed by atoms with Crippen LogP contribution in [0.3, 0.4) is 0 Å². The van der Waals surface area contributed by atoms with Gasteiger partial charge in [0.2, 0.25) is 11.8 Å². The molecule has 3 rings (SSSR count). The highest BCUT2D eigenvalue weighted by atomic mass is 32.2.